The van der Waals surface area contributed by atoms with Gasteiger partial charge in [0, 0.05) is 39.3 Å². The summed E-state index contributed by atoms with van der Waals surface area (Å²) in [6, 6.07) is 0. The summed E-state index contributed by atoms with van der Waals surface area (Å²) in [4.78, 5) is 2.02. The molecule has 21 heavy (non-hydrogen) atoms. The molecule has 1 unspecified atom stereocenters. The van der Waals surface area contributed by atoms with E-state index >= 15 is 0 Å². The van der Waals surface area contributed by atoms with Gasteiger partial charge in [0.05, 0.1) is 6.10 Å². The number of hydrogen-bond donors (Lipinski definition) is 0. The van der Waals surface area contributed by atoms with Gasteiger partial charge >= 0.3 is 0 Å². The zero-order valence-corrected chi connectivity index (χ0v) is 14.1. The summed E-state index contributed by atoms with van der Waals surface area (Å²) >= 11 is 0. The van der Waals surface area contributed by atoms with Gasteiger partial charge in [0.2, 0.25) is 0 Å². The molecule has 0 bridgehead atoms. The third-order valence-electron chi connectivity index (χ3n) is 4.20. The number of rotatable bonds is 7. The molecule has 124 valence electrons. The minimum Gasteiger partial charge on any atom is -0.377 e. The fraction of sp³-hybridized carbons (Fsp3) is 1.00. The van der Waals surface area contributed by atoms with Crippen LogP contribution in [0.2, 0.25) is 0 Å². The lowest BCUT2D eigenvalue weighted by atomic mass is 10.2. The van der Waals surface area contributed by atoms with E-state index in [1.165, 1.54) is 0 Å². The smallest absolute Gasteiger partial charge is 0.282 e. The summed E-state index contributed by atoms with van der Waals surface area (Å²) in [6.07, 6.45) is 5.15. The third-order valence-corrected chi connectivity index (χ3v) is 6.20. The van der Waals surface area contributed by atoms with Gasteiger partial charge in [0.15, 0.2) is 0 Å². The van der Waals surface area contributed by atoms with E-state index < -0.39 is 10.2 Å². The van der Waals surface area contributed by atoms with Gasteiger partial charge in [-0.05, 0) is 39.8 Å². The van der Waals surface area contributed by atoms with Gasteiger partial charge in [-0.3, -0.25) is 0 Å². The van der Waals surface area contributed by atoms with Gasteiger partial charge in [-0.2, -0.15) is 17.0 Å². The lowest BCUT2D eigenvalue weighted by molar-refractivity contribution is 0.0905. The van der Waals surface area contributed by atoms with E-state index in [4.69, 9.17) is 4.74 Å². The molecule has 0 N–H and O–H groups in total. The molecule has 2 aliphatic heterocycles. The van der Waals surface area contributed by atoms with E-state index in [1.54, 1.807) is 8.61 Å². The summed E-state index contributed by atoms with van der Waals surface area (Å²) in [5.74, 6) is 0. The van der Waals surface area contributed by atoms with Crippen LogP contribution in [0.5, 0.6) is 0 Å². The van der Waals surface area contributed by atoms with Gasteiger partial charge in [0.1, 0.15) is 0 Å². The fourth-order valence-corrected chi connectivity index (χ4v) is 4.60. The molecule has 0 aromatic rings. The van der Waals surface area contributed by atoms with Crippen LogP contribution in [-0.4, -0.2) is 81.5 Å². The molecular formula is C14H29N3O3S. The lowest BCUT2D eigenvalue weighted by Crippen LogP contribution is -2.49. The predicted octanol–water partition coefficient (Wildman–Crippen LogP) is 0.760. The van der Waals surface area contributed by atoms with E-state index in [0.717, 1.165) is 45.3 Å². The molecule has 1 atom stereocenters. The molecule has 2 heterocycles. The van der Waals surface area contributed by atoms with Crippen LogP contribution in [0.4, 0.5) is 0 Å². The van der Waals surface area contributed by atoms with Crippen molar-refractivity contribution in [3.8, 4) is 0 Å². The number of likely N-dealkylation sites (N-methyl/N-ethyl adjacent to an activating group) is 1. The van der Waals surface area contributed by atoms with Crippen LogP contribution in [0.15, 0.2) is 0 Å². The molecule has 0 radical (unpaired) electrons. The second-order valence-corrected chi connectivity index (χ2v) is 8.19. The predicted molar refractivity (Wildman–Crippen MR) is 83.4 cm³/mol. The Morgan fingerprint density at radius 2 is 1.81 bits per heavy atom. The summed E-state index contributed by atoms with van der Waals surface area (Å²) < 4.78 is 34.6. The van der Waals surface area contributed by atoms with Crippen LogP contribution < -0.4 is 0 Å². The van der Waals surface area contributed by atoms with Gasteiger partial charge in [-0.15, -0.1) is 0 Å². The Morgan fingerprint density at radius 1 is 1.10 bits per heavy atom. The van der Waals surface area contributed by atoms with Gasteiger partial charge < -0.3 is 9.64 Å². The number of nitrogens with zero attached hydrogens (tertiary/aromatic N) is 3. The molecule has 0 saturated carbocycles. The van der Waals surface area contributed by atoms with Gasteiger partial charge in [0.25, 0.3) is 10.2 Å². The monoisotopic (exact) mass is 319 g/mol. The quantitative estimate of drug-likeness (QED) is 0.695. The highest BCUT2D eigenvalue weighted by Gasteiger charge is 2.33. The Hall–Kier alpha value is -0.210. The maximum Gasteiger partial charge on any atom is 0.282 e. The van der Waals surface area contributed by atoms with Crippen molar-refractivity contribution in [2.75, 3.05) is 53.4 Å². The first-order valence-corrected chi connectivity index (χ1v) is 9.41. The Labute approximate surface area is 129 Å². The van der Waals surface area contributed by atoms with Crippen molar-refractivity contribution in [1.82, 2.24) is 13.5 Å². The van der Waals surface area contributed by atoms with Crippen molar-refractivity contribution >= 4 is 10.2 Å². The molecule has 2 fully saturated rings. The SMILES string of the molecule is CN(C)CCN(CC1CCCO1)S(=O)(=O)N1CCCCC1. The number of ether oxygens (including phenoxy) is 1. The molecule has 7 heteroatoms. The van der Waals surface area contributed by atoms with E-state index in [0.29, 0.717) is 26.2 Å². The first-order chi connectivity index (χ1) is 10.00. The number of piperidine rings is 1. The molecule has 0 amide bonds. The highest BCUT2D eigenvalue weighted by molar-refractivity contribution is 7.86. The highest BCUT2D eigenvalue weighted by Crippen LogP contribution is 2.20. The number of hydrogen-bond acceptors (Lipinski definition) is 4. The molecule has 2 saturated heterocycles. The first-order valence-electron chi connectivity index (χ1n) is 8.01. The summed E-state index contributed by atoms with van der Waals surface area (Å²) in [6.45, 7) is 3.84. The largest absolute Gasteiger partial charge is 0.377 e. The van der Waals surface area contributed by atoms with Crippen LogP contribution in [0, 0.1) is 0 Å². The first kappa shape index (κ1) is 17.1. The minimum absolute atomic E-state index is 0.0618. The van der Waals surface area contributed by atoms with Crippen LogP contribution in [0.25, 0.3) is 0 Å². The van der Waals surface area contributed by atoms with Crippen molar-refractivity contribution in [3.63, 3.8) is 0 Å². The Kier molecular flexibility index (Phi) is 6.43. The highest BCUT2D eigenvalue weighted by atomic mass is 32.2. The van der Waals surface area contributed by atoms with Crippen molar-refractivity contribution in [2.45, 2.75) is 38.2 Å². The average molecular weight is 319 g/mol. The molecule has 0 aromatic heterocycles. The minimum atomic E-state index is -3.35. The Balaban J connectivity index is 2.03. The van der Waals surface area contributed by atoms with Crippen molar-refractivity contribution in [2.24, 2.45) is 0 Å². The van der Waals surface area contributed by atoms with E-state index in [9.17, 15) is 8.42 Å². The van der Waals surface area contributed by atoms with E-state index in [2.05, 4.69) is 0 Å². The average Bonchev–Trinajstić information content (AvgIpc) is 2.97. The van der Waals surface area contributed by atoms with Crippen molar-refractivity contribution in [1.29, 1.82) is 0 Å². The van der Waals surface area contributed by atoms with Crippen LogP contribution in [0.1, 0.15) is 32.1 Å². The zero-order chi connectivity index (χ0) is 15.3. The zero-order valence-electron chi connectivity index (χ0n) is 13.3. The molecule has 6 nitrogen and oxygen atoms in total. The summed E-state index contributed by atoms with van der Waals surface area (Å²) in [5, 5.41) is 0. The van der Waals surface area contributed by atoms with Crippen LogP contribution >= 0.6 is 0 Å². The lowest BCUT2D eigenvalue weighted by Gasteiger charge is -2.33. The van der Waals surface area contributed by atoms with Crippen molar-refractivity contribution < 1.29 is 13.2 Å². The summed E-state index contributed by atoms with van der Waals surface area (Å²) in [7, 11) is 0.593. The molecule has 2 rings (SSSR count). The maximum absolute atomic E-state index is 12.9. The Bertz CT molecular complexity index is 402. The molecular weight excluding hydrogens is 290 g/mol. The molecule has 0 spiro atoms. The molecule has 0 aliphatic carbocycles. The molecule has 0 aromatic carbocycles. The topological polar surface area (TPSA) is 53.1 Å². The fourth-order valence-electron chi connectivity index (χ4n) is 2.89. The second kappa shape index (κ2) is 7.87. The normalized spacial score (nSPS) is 25.0. The maximum atomic E-state index is 12.9. The Morgan fingerprint density at radius 3 is 2.38 bits per heavy atom. The van der Waals surface area contributed by atoms with E-state index in [1.807, 2.05) is 19.0 Å². The third kappa shape index (κ3) is 4.89. The van der Waals surface area contributed by atoms with Gasteiger partial charge in [-0.25, -0.2) is 0 Å². The van der Waals surface area contributed by atoms with Crippen molar-refractivity contribution in [3.05, 3.63) is 0 Å². The van der Waals surface area contributed by atoms with Crippen LogP contribution in [0.3, 0.4) is 0 Å². The van der Waals surface area contributed by atoms with E-state index in [-0.39, 0.29) is 6.10 Å². The standard InChI is InChI=1S/C14H29N3O3S/c1-15(2)10-11-17(13-14-7-6-12-20-14)21(18,19)16-8-4-3-5-9-16/h14H,3-13H2,1-2H3. The molecule has 2 aliphatic rings. The van der Waals surface area contributed by atoms with Crippen LogP contribution in [-0.2, 0) is 14.9 Å². The van der Waals surface area contributed by atoms with Gasteiger partial charge in [-0.1, -0.05) is 6.42 Å². The second-order valence-electron chi connectivity index (χ2n) is 6.26. The summed E-state index contributed by atoms with van der Waals surface area (Å²) in [5.41, 5.74) is 0.